The summed E-state index contributed by atoms with van der Waals surface area (Å²) in [5.41, 5.74) is 5.27. The average Bonchev–Trinajstić information content (AvgIpc) is 2.79. The van der Waals surface area contributed by atoms with E-state index in [4.69, 9.17) is 5.73 Å². The molecule has 2 unspecified atom stereocenters. The second-order valence-electron chi connectivity index (χ2n) is 7.93. The van der Waals surface area contributed by atoms with E-state index in [9.17, 15) is 14.4 Å². The lowest BCUT2D eigenvalue weighted by molar-refractivity contribution is -0.141. The van der Waals surface area contributed by atoms with E-state index < -0.39 is 5.54 Å². The fourth-order valence-electron chi connectivity index (χ4n) is 4.57. The third kappa shape index (κ3) is 3.56. The highest BCUT2D eigenvalue weighted by Gasteiger charge is 2.56. The molecule has 7 nitrogen and oxygen atoms in total. The van der Waals surface area contributed by atoms with Crippen LogP contribution in [0.25, 0.3) is 0 Å². The number of imide groups is 1. The van der Waals surface area contributed by atoms with E-state index in [0.29, 0.717) is 25.9 Å². The van der Waals surface area contributed by atoms with E-state index in [1.165, 1.54) is 4.90 Å². The molecule has 2 aliphatic heterocycles. The van der Waals surface area contributed by atoms with Gasteiger partial charge >= 0.3 is 6.03 Å². The van der Waals surface area contributed by atoms with Crippen molar-refractivity contribution in [1.82, 2.24) is 14.7 Å². The van der Waals surface area contributed by atoms with Crippen molar-refractivity contribution >= 4 is 30.3 Å². The monoisotopic (exact) mass is 386 g/mol. The number of halogens is 1. The normalized spacial score (nSPS) is 26.9. The summed E-state index contributed by atoms with van der Waals surface area (Å²) >= 11 is 0. The molecule has 8 heteroatoms. The summed E-state index contributed by atoms with van der Waals surface area (Å²) in [6.07, 6.45) is 6.35. The molecule has 3 fully saturated rings. The number of carbonyl (C=O) groups excluding carboxylic acids is 3. The van der Waals surface area contributed by atoms with E-state index in [1.54, 1.807) is 16.8 Å². The van der Waals surface area contributed by atoms with E-state index >= 15 is 0 Å². The Kier molecular flexibility index (Phi) is 6.55. The quantitative estimate of drug-likeness (QED) is 0.746. The van der Waals surface area contributed by atoms with Crippen molar-refractivity contribution < 1.29 is 14.4 Å². The molecule has 3 rings (SSSR count). The van der Waals surface area contributed by atoms with Crippen molar-refractivity contribution in [2.45, 2.75) is 63.5 Å². The van der Waals surface area contributed by atoms with Crippen LogP contribution >= 0.6 is 12.4 Å². The third-order valence-electron chi connectivity index (χ3n) is 6.33. The minimum atomic E-state index is -0.716. The molecule has 26 heavy (non-hydrogen) atoms. The zero-order chi connectivity index (χ0) is 18.2. The van der Waals surface area contributed by atoms with Crippen LogP contribution in [0, 0.1) is 5.92 Å². The minimum absolute atomic E-state index is 0. The maximum absolute atomic E-state index is 13.0. The highest BCUT2D eigenvalue weighted by Crippen LogP contribution is 2.39. The number of nitrogens with two attached hydrogens (primary N) is 1. The maximum atomic E-state index is 13.0. The van der Waals surface area contributed by atoms with Crippen molar-refractivity contribution in [3.05, 3.63) is 0 Å². The van der Waals surface area contributed by atoms with Crippen LogP contribution in [-0.4, -0.2) is 70.8 Å². The summed E-state index contributed by atoms with van der Waals surface area (Å²) in [5.74, 6) is -0.0443. The van der Waals surface area contributed by atoms with Crippen LogP contribution in [0.15, 0.2) is 0 Å². The Morgan fingerprint density at radius 1 is 1.23 bits per heavy atom. The third-order valence-corrected chi connectivity index (χ3v) is 6.33. The number of rotatable bonds is 3. The molecule has 0 bridgehead atoms. The highest BCUT2D eigenvalue weighted by atomic mass is 35.5. The molecule has 148 valence electrons. The molecule has 2 saturated heterocycles. The molecule has 0 aromatic heterocycles. The molecule has 3 aliphatic rings. The van der Waals surface area contributed by atoms with Gasteiger partial charge in [-0.15, -0.1) is 12.4 Å². The first-order chi connectivity index (χ1) is 11.9. The summed E-state index contributed by atoms with van der Waals surface area (Å²) in [5, 5.41) is 0. The molecule has 1 aliphatic carbocycles. The Labute approximate surface area is 161 Å². The van der Waals surface area contributed by atoms with Crippen LogP contribution < -0.4 is 5.73 Å². The van der Waals surface area contributed by atoms with Gasteiger partial charge < -0.3 is 15.5 Å². The number of amides is 4. The molecular formula is C18H31ClN4O3. The van der Waals surface area contributed by atoms with Gasteiger partial charge in [-0.2, -0.15) is 0 Å². The van der Waals surface area contributed by atoms with Crippen molar-refractivity contribution in [1.29, 1.82) is 0 Å². The largest absolute Gasteiger partial charge is 0.341 e. The van der Waals surface area contributed by atoms with Crippen molar-refractivity contribution in [3.8, 4) is 0 Å². The Morgan fingerprint density at radius 3 is 2.50 bits per heavy atom. The second-order valence-corrected chi connectivity index (χ2v) is 7.93. The van der Waals surface area contributed by atoms with Crippen LogP contribution in [0.1, 0.15) is 51.9 Å². The van der Waals surface area contributed by atoms with Crippen LogP contribution in [0.3, 0.4) is 0 Å². The lowest BCUT2D eigenvalue weighted by atomic mass is 9.81. The Morgan fingerprint density at radius 2 is 1.88 bits per heavy atom. The lowest BCUT2D eigenvalue weighted by Gasteiger charge is -2.36. The van der Waals surface area contributed by atoms with Gasteiger partial charge in [0.05, 0.1) is 0 Å². The zero-order valence-electron chi connectivity index (χ0n) is 15.8. The molecule has 0 aromatic rings. The molecule has 0 aromatic carbocycles. The summed E-state index contributed by atoms with van der Waals surface area (Å²) < 4.78 is 0. The Hall–Kier alpha value is -1.34. The van der Waals surface area contributed by atoms with E-state index in [1.807, 2.05) is 6.92 Å². The number of likely N-dealkylation sites (N-methyl/N-ethyl adjacent to an activating group) is 1. The van der Waals surface area contributed by atoms with Gasteiger partial charge in [-0.1, -0.05) is 19.3 Å². The van der Waals surface area contributed by atoms with Crippen LogP contribution in [-0.2, 0) is 9.59 Å². The van der Waals surface area contributed by atoms with Gasteiger partial charge in [0.1, 0.15) is 12.1 Å². The number of hydrogen-bond acceptors (Lipinski definition) is 4. The lowest BCUT2D eigenvalue weighted by Crippen LogP contribution is -2.51. The van der Waals surface area contributed by atoms with Gasteiger partial charge in [0, 0.05) is 26.2 Å². The minimum Gasteiger partial charge on any atom is -0.341 e. The molecule has 2 heterocycles. The van der Waals surface area contributed by atoms with Crippen LogP contribution in [0.5, 0.6) is 0 Å². The molecule has 1 spiro atoms. The van der Waals surface area contributed by atoms with Crippen LogP contribution in [0.4, 0.5) is 4.79 Å². The summed E-state index contributed by atoms with van der Waals surface area (Å²) in [4.78, 5) is 42.8. The number of likely N-dealkylation sites (tertiary alicyclic amines) is 1. The van der Waals surface area contributed by atoms with Gasteiger partial charge in [0.25, 0.3) is 5.91 Å². The first-order valence-electron chi connectivity index (χ1n) is 9.50. The fraction of sp³-hybridized carbons (Fsp3) is 0.833. The van der Waals surface area contributed by atoms with Gasteiger partial charge in [-0.05, 0) is 38.5 Å². The molecule has 2 N–H and O–H groups in total. The molecule has 2 atom stereocenters. The average molecular weight is 387 g/mol. The molecule has 1 saturated carbocycles. The Bertz CT molecular complexity index is 563. The molecular weight excluding hydrogens is 356 g/mol. The number of nitrogens with zero attached hydrogens (tertiary/aromatic N) is 3. The number of hydrogen-bond donors (Lipinski definition) is 1. The van der Waals surface area contributed by atoms with Gasteiger partial charge in [-0.25, -0.2) is 4.79 Å². The summed E-state index contributed by atoms with van der Waals surface area (Å²) in [7, 11) is 1.70. The number of urea groups is 1. The van der Waals surface area contributed by atoms with E-state index in [2.05, 4.69) is 0 Å². The predicted octanol–water partition coefficient (Wildman–Crippen LogP) is 1.59. The molecule has 0 radical (unpaired) electrons. The van der Waals surface area contributed by atoms with Gasteiger partial charge in [-0.3, -0.25) is 14.5 Å². The fourth-order valence-corrected chi connectivity index (χ4v) is 4.57. The number of piperidine rings is 1. The summed E-state index contributed by atoms with van der Waals surface area (Å²) in [6, 6.07) is -0.289. The van der Waals surface area contributed by atoms with Crippen molar-refractivity contribution in [3.63, 3.8) is 0 Å². The first kappa shape index (κ1) is 21.0. The van der Waals surface area contributed by atoms with E-state index in [0.717, 1.165) is 32.1 Å². The molecule has 4 amide bonds. The SMILES string of the molecule is CC(N)C1CCCN(C(=O)CN2C(=O)N(C)C3(CCCCC3)C2=O)C1.Cl. The van der Waals surface area contributed by atoms with Gasteiger partial charge in [0.2, 0.25) is 5.91 Å². The van der Waals surface area contributed by atoms with Gasteiger partial charge in [0.15, 0.2) is 0 Å². The first-order valence-corrected chi connectivity index (χ1v) is 9.50. The highest BCUT2D eigenvalue weighted by molar-refractivity contribution is 6.08. The van der Waals surface area contributed by atoms with Crippen molar-refractivity contribution in [2.75, 3.05) is 26.7 Å². The second kappa shape index (κ2) is 8.13. The van der Waals surface area contributed by atoms with Crippen LogP contribution in [0.2, 0.25) is 0 Å². The predicted molar refractivity (Wildman–Crippen MR) is 101 cm³/mol. The topological polar surface area (TPSA) is 86.9 Å². The van der Waals surface area contributed by atoms with Crippen molar-refractivity contribution in [2.24, 2.45) is 11.7 Å². The number of carbonyl (C=O) groups is 3. The maximum Gasteiger partial charge on any atom is 0.327 e. The summed E-state index contributed by atoms with van der Waals surface area (Å²) in [6.45, 7) is 3.12. The zero-order valence-corrected chi connectivity index (χ0v) is 16.6. The Balaban J connectivity index is 0.00000243. The van der Waals surface area contributed by atoms with E-state index in [-0.39, 0.29) is 48.8 Å². The smallest absolute Gasteiger partial charge is 0.327 e. The standard InChI is InChI=1S/C18H30N4O3.ClH/c1-13(19)14-7-6-10-21(11-14)15(23)12-22-16(24)18(20(2)17(22)25)8-4-3-5-9-18;/h13-14H,3-12,19H2,1-2H3;1H.